The van der Waals surface area contributed by atoms with Crippen LogP contribution in [0.2, 0.25) is 0 Å². The maximum absolute atomic E-state index is 5.79. The highest BCUT2D eigenvalue weighted by atomic mass is 16.5. The topological polar surface area (TPSA) is 80.4 Å². The summed E-state index contributed by atoms with van der Waals surface area (Å²) >= 11 is 0. The number of morpholine rings is 1. The summed E-state index contributed by atoms with van der Waals surface area (Å²) in [7, 11) is 3.78. The van der Waals surface area contributed by atoms with Crippen LogP contribution in [0.5, 0.6) is 0 Å². The van der Waals surface area contributed by atoms with Crippen molar-refractivity contribution < 1.29 is 4.74 Å². The van der Waals surface area contributed by atoms with Gasteiger partial charge in [-0.05, 0) is 20.8 Å². The smallest absolute Gasteiger partial charge is 0.229 e. The third-order valence-corrected chi connectivity index (χ3v) is 3.43. The molecule has 1 aromatic heterocycles. The van der Waals surface area contributed by atoms with Crippen molar-refractivity contribution in [2.24, 2.45) is 0 Å². The second-order valence-corrected chi connectivity index (χ2v) is 5.63. The van der Waals surface area contributed by atoms with Gasteiger partial charge in [-0.15, -0.1) is 0 Å². The summed E-state index contributed by atoms with van der Waals surface area (Å²) in [5, 5.41) is 0. The lowest BCUT2D eigenvalue weighted by Gasteiger charge is -2.38. The van der Waals surface area contributed by atoms with E-state index in [1.165, 1.54) is 0 Å². The molecule has 2 N–H and O–H groups in total. The molecule has 0 radical (unpaired) electrons. The van der Waals surface area contributed by atoms with Crippen LogP contribution < -0.4 is 10.6 Å². The van der Waals surface area contributed by atoms with E-state index in [4.69, 9.17) is 10.5 Å². The van der Waals surface area contributed by atoms with Gasteiger partial charge in [0.05, 0.1) is 18.2 Å². The molecule has 1 saturated heterocycles. The Morgan fingerprint density at radius 1 is 1.20 bits per heavy atom. The lowest BCUT2D eigenvalue weighted by atomic mass is 10.1. The minimum absolute atomic E-state index is 0.0906. The van der Waals surface area contributed by atoms with Gasteiger partial charge in [0.25, 0.3) is 0 Å². The van der Waals surface area contributed by atoms with Gasteiger partial charge < -0.3 is 15.4 Å². The highest BCUT2D eigenvalue weighted by Crippen LogP contribution is 2.23. The van der Waals surface area contributed by atoms with Crippen molar-refractivity contribution in [2.75, 3.05) is 37.8 Å². The second kappa shape index (κ2) is 5.88. The third kappa shape index (κ3) is 3.34. The molecule has 2 rings (SSSR count). The zero-order valence-corrected chi connectivity index (χ0v) is 12.9. The van der Waals surface area contributed by atoms with Gasteiger partial charge in [-0.1, -0.05) is 0 Å². The van der Waals surface area contributed by atoms with Crippen molar-refractivity contribution in [1.82, 2.24) is 19.9 Å². The molecule has 112 valence electrons. The predicted octanol–water partition coefficient (Wildman–Crippen LogP) is 0.690. The zero-order valence-electron chi connectivity index (χ0n) is 12.9. The molecule has 0 saturated carbocycles. The minimum atomic E-state index is 0.0906. The predicted molar refractivity (Wildman–Crippen MR) is 78.6 cm³/mol. The molecule has 7 heteroatoms. The maximum Gasteiger partial charge on any atom is 0.229 e. The zero-order chi connectivity index (χ0) is 14.9. The quantitative estimate of drug-likeness (QED) is 0.872. The van der Waals surface area contributed by atoms with Crippen LogP contribution >= 0.6 is 0 Å². The molecule has 3 atom stereocenters. The Bertz CT molecular complexity index is 456. The first kappa shape index (κ1) is 14.9. The van der Waals surface area contributed by atoms with Gasteiger partial charge in [-0.25, -0.2) is 0 Å². The van der Waals surface area contributed by atoms with Crippen molar-refractivity contribution in [3.05, 3.63) is 5.82 Å². The normalized spacial score (nSPS) is 25.4. The van der Waals surface area contributed by atoms with E-state index in [-0.39, 0.29) is 24.2 Å². The van der Waals surface area contributed by atoms with Crippen LogP contribution in [0.3, 0.4) is 0 Å². The fourth-order valence-electron chi connectivity index (χ4n) is 2.48. The summed E-state index contributed by atoms with van der Waals surface area (Å²) in [5.74, 6) is 1.57. The molecular formula is C13H24N6O. The van der Waals surface area contributed by atoms with Gasteiger partial charge in [-0.3, -0.25) is 4.90 Å². The molecule has 1 aliphatic heterocycles. The van der Waals surface area contributed by atoms with E-state index in [0.717, 1.165) is 13.1 Å². The Balaban J connectivity index is 2.21. The number of nitrogens with zero attached hydrogens (tertiary/aromatic N) is 5. The summed E-state index contributed by atoms with van der Waals surface area (Å²) < 4.78 is 5.76. The largest absolute Gasteiger partial charge is 0.373 e. The molecule has 0 spiro atoms. The summed E-state index contributed by atoms with van der Waals surface area (Å²) in [6.07, 6.45) is 0.433. The molecule has 0 aliphatic carbocycles. The monoisotopic (exact) mass is 280 g/mol. The maximum atomic E-state index is 5.79. The molecule has 2 heterocycles. The van der Waals surface area contributed by atoms with E-state index < -0.39 is 0 Å². The van der Waals surface area contributed by atoms with E-state index in [1.807, 2.05) is 19.0 Å². The van der Waals surface area contributed by atoms with Crippen molar-refractivity contribution in [3.8, 4) is 0 Å². The van der Waals surface area contributed by atoms with Crippen molar-refractivity contribution in [2.45, 2.75) is 39.0 Å². The molecule has 1 aromatic rings. The van der Waals surface area contributed by atoms with Gasteiger partial charge in [0.1, 0.15) is 0 Å². The Morgan fingerprint density at radius 2 is 1.80 bits per heavy atom. The summed E-state index contributed by atoms with van der Waals surface area (Å²) in [6.45, 7) is 8.01. The van der Waals surface area contributed by atoms with E-state index in [1.54, 1.807) is 0 Å². The Morgan fingerprint density at radius 3 is 2.35 bits per heavy atom. The number of nitrogen functional groups attached to an aromatic ring is 1. The fraction of sp³-hybridized carbons (Fsp3) is 0.769. The minimum Gasteiger partial charge on any atom is -0.373 e. The molecule has 7 nitrogen and oxygen atoms in total. The molecule has 1 fully saturated rings. The van der Waals surface area contributed by atoms with Gasteiger partial charge in [0, 0.05) is 27.2 Å². The third-order valence-electron chi connectivity index (χ3n) is 3.43. The molecular weight excluding hydrogens is 256 g/mol. The van der Waals surface area contributed by atoms with Crippen LogP contribution in [0.25, 0.3) is 0 Å². The Labute approximate surface area is 120 Å². The average Bonchev–Trinajstić information content (AvgIpc) is 2.35. The fourth-order valence-corrected chi connectivity index (χ4v) is 2.48. The first-order valence-electron chi connectivity index (χ1n) is 6.95. The van der Waals surface area contributed by atoms with Crippen LogP contribution in [-0.4, -0.2) is 59.2 Å². The van der Waals surface area contributed by atoms with Crippen molar-refractivity contribution in [1.29, 1.82) is 0 Å². The van der Waals surface area contributed by atoms with Crippen molar-refractivity contribution in [3.63, 3.8) is 0 Å². The number of anilines is 2. The molecule has 20 heavy (non-hydrogen) atoms. The summed E-state index contributed by atoms with van der Waals surface area (Å²) in [6, 6.07) is 0.0906. The van der Waals surface area contributed by atoms with E-state index in [0.29, 0.717) is 11.8 Å². The average molecular weight is 280 g/mol. The van der Waals surface area contributed by atoms with E-state index >= 15 is 0 Å². The van der Waals surface area contributed by atoms with Crippen molar-refractivity contribution >= 4 is 11.9 Å². The van der Waals surface area contributed by atoms with Crippen LogP contribution in [0.4, 0.5) is 11.9 Å². The first-order chi connectivity index (χ1) is 9.36. The standard InChI is InChI=1S/C13H24N6O/c1-8-6-19(7-9(2)20-8)10(3)11-15-12(14)17-13(16-11)18(4)5/h8-10H,6-7H2,1-5H3,(H2,14,15,16,17)/t8-,9+,10-/m0/s1. The van der Waals surface area contributed by atoms with E-state index in [9.17, 15) is 0 Å². The van der Waals surface area contributed by atoms with Gasteiger partial charge in [-0.2, -0.15) is 15.0 Å². The number of ether oxygens (including phenoxy) is 1. The van der Waals surface area contributed by atoms with Crippen LogP contribution in [0, 0.1) is 0 Å². The Kier molecular flexibility index (Phi) is 4.39. The van der Waals surface area contributed by atoms with E-state index in [2.05, 4.69) is 40.6 Å². The molecule has 0 unspecified atom stereocenters. The van der Waals surface area contributed by atoms with Crippen LogP contribution in [0.15, 0.2) is 0 Å². The number of rotatable bonds is 3. The lowest BCUT2D eigenvalue weighted by Crippen LogP contribution is -2.46. The lowest BCUT2D eigenvalue weighted by molar-refractivity contribution is -0.0798. The number of hydrogen-bond acceptors (Lipinski definition) is 7. The molecule has 0 aromatic carbocycles. The SMILES string of the molecule is C[C@@H]1CN([C@@H](C)c2nc(N)nc(N(C)C)n2)C[C@H](C)O1. The van der Waals surface area contributed by atoms with Gasteiger partial charge in [0.2, 0.25) is 11.9 Å². The summed E-state index contributed by atoms with van der Waals surface area (Å²) in [4.78, 5) is 17.1. The molecule has 0 bridgehead atoms. The number of hydrogen-bond donors (Lipinski definition) is 1. The molecule has 1 aliphatic rings. The highest BCUT2D eigenvalue weighted by Gasteiger charge is 2.28. The number of aromatic nitrogens is 3. The van der Waals surface area contributed by atoms with Gasteiger partial charge in [0.15, 0.2) is 5.82 Å². The van der Waals surface area contributed by atoms with Crippen LogP contribution in [0.1, 0.15) is 32.6 Å². The summed E-state index contributed by atoms with van der Waals surface area (Å²) in [5.41, 5.74) is 5.79. The van der Waals surface area contributed by atoms with Crippen LogP contribution in [-0.2, 0) is 4.74 Å². The van der Waals surface area contributed by atoms with Gasteiger partial charge >= 0.3 is 0 Å². The highest BCUT2D eigenvalue weighted by molar-refractivity contribution is 5.33. The first-order valence-corrected chi connectivity index (χ1v) is 6.95. The molecule has 0 amide bonds. The Hall–Kier alpha value is -1.47. The second-order valence-electron chi connectivity index (χ2n) is 5.63. The number of nitrogens with two attached hydrogens (primary N) is 1.